The van der Waals surface area contributed by atoms with E-state index in [0.717, 1.165) is 10.4 Å². The minimum atomic E-state index is -4.16. The standard InChI is InChI=1S/C19H15F2NO2S/c20-16-8-6-7-15(13-16)14-22(17-9-2-1-3-10-17)25(23,24)19-12-5-4-11-18(19)21/h1-13H,14H2. The zero-order valence-electron chi connectivity index (χ0n) is 13.1. The average molecular weight is 359 g/mol. The molecule has 0 amide bonds. The molecular formula is C19H15F2NO2S. The van der Waals surface area contributed by atoms with Crippen LogP contribution in [0.1, 0.15) is 5.56 Å². The molecule has 0 aromatic heterocycles. The Labute approximate surface area is 145 Å². The Morgan fingerprint density at radius 2 is 1.48 bits per heavy atom. The van der Waals surface area contributed by atoms with Gasteiger partial charge in [-0.15, -0.1) is 0 Å². The molecule has 0 bridgehead atoms. The third-order valence-corrected chi connectivity index (χ3v) is 5.47. The van der Waals surface area contributed by atoms with E-state index in [2.05, 4.69) is 0 Å². The lowest BCUT2D eigenvalue weighted by molar-refractivity contribution is 0.563. The van der Waals surface area contributed by atoms with Crippen molar-refractivity contribution in [3.63, 3.8) is 0 Å². The minimum absolute atomic E-state index is 0.113. The first-order chi connectivity index (χ1) is 12.0. The van der Waals surface area contributed by atoms with E-state index in [9.17, 15) is 17.2 Å². The first-order valence-electron chi connectivity index (χ1n) is 7.55. The molecule has 3 aromatic rings. The molecule has 128 valence electrons. The van der Waals surface area contributed by atoms with E-state index in [-0.39, 0.29) is 6.54 Å². The fourth-order valence-corrected chi connectivity index (χ4v) is 4.00. The number of halogens is 2. The van der Waals surface area contributed by atoms with Crippen molar-refractivity contribution >= 4 is 15.7 Å². The molecule has 0 spiro atoms. The first-order valence-corrected chi connectivity index (χ1v) is 8.99. The molecule has 0 N–H and O–H groups in total. The Kier molecular flexibility index (Phi) is 4.81. The van der Waals surface area contributed by atoms with Crippen LogP contribution in [0.4, 0.5) is 14.5 Å². The molecule has 0 saturated heterocycles. The van der Waals surface area contributed by atoms with Crippen LogP contribution < -0.4 is 4.31 Å². The molecule has 0 fully saturated rings. The third-order valence-electron chi connectivity index (χ3n) is 3.66. The maximum Gasteiger partial charge on any atom is 0.267 e. The van der Waals surface area contributed by atoms with Crippen LogP contribution in [-0.2, 0) is 16.6 Å². The predicted molar refractivity (Wildman–Crippen MR) is 92.6 cm³/mol. The second kappa shape index (κ2) is 7.03. The number of hydrogen-bond acceptors (Lipinski definition) is 2. The first kappa shape index (κ1) is 17.1. The topological polar surface area (TPSA) is 37.4 Å². The molecule has 3 rings (SSSR count). The highest BCUT2D eigenvalue weighted by atomic mass is 32.2. The Hall–Kier alpha value is -2.73. The molecule has 0 aliphatic carbocycles. The summed E-state index contributed by atoms with van der Waals surface area (Å²) in [6.07, 6.45) is 0. The molecule has 0 aliphatic heterocycles. The van der Waals surface area contributed by atoms with Crippen molar-refractivity contribution in [2.45, 2.75) is 11.4 Å². The van der Waals surface area contributed by atoms with Crippen molar-refractivity contribution in [3.05, 3.63) is 96.1 Å². The van der Waals surface area contributed by atoms with Crippen LogP contribution in [0.3, 0.4) is 0 Å². The van der Waals surface area contributed by atoms with Crippen LogP contribution in [0.25, 0.3) is 0 Å². The van der Waals surface area contributed by atoms with Crippen molar-refractivity contribution in [3.8, 4) is 0 Å². The van der Waals surface area contributed by atoms with Crippen LogP contribution in [0.5, 0.6) is 0 Å². The summed E-state index contributed by atoms with van der Waals surface area (Å²) >= 11 is 0. The number of hydrogen-bond donors (Lipinski definition) is 0. The Morgan fingerprint density at radius 1 is 0.800 bits per heavy atom. The number of benzene rings is 3. The lowest BCUT2D eigenvalue weighted by Crippen LogP contribution is -2.31. The summed E-state index contributed by atoms with van der Waals surface area (Å²) in [4.78, 5) is -0.421. The summed E-state index contributed by atoms with van der Waals surface area (Å²) in [5, 5.41) is 0. The number of para-hydroxylation sites is 1. The molecule has 0 atom stereocenters. The molecule has 0 saturated carbocycles. The second-order valence-electron chi connectivity index (χ2n) is 5.41. The molecule has 6 heteroatoms. The van der Waals surface area contributed by atoms with Gasteiger partial charge in [-0.2, -0.15) is 0 Å². The number of nitrogens with zero attached hydrogens (tertiary/aromatic N) is 1. The van der Waals surface area contributed by atoms with E-state index < -0.39 is 26.6 Å². The van der Waals surface area contributed by atoms with Crippen molar-refractivity contribution in [2.24, 2.45) is 0 Å². The molecule has 25 heavy (non-hydrogen) atoms. The summed E-state index contributed by atoms with van der Waals surface area (Å²) in [5.41, 5.74) is 0.832. The lowest BCUT2D eigenvalue weighted by atomic mass is 10.2. The summed E-state index contributed by atoms with van der Waals surface area (Å²) < 4.78 is 54.7. The monoisotopic (exact) mass is 359 g/mol. The zero-order valence-corrected chi connectivity index (χ0v) is 14.0. The number of anilines is 1. The lowest BCUT2D eigenvalue weighted by Gasteiger charge is -2.25. The molecule has 0 heterocycles. The van der Waals surface area contributed by atoms with Crippen LogP contribution in [0.15, 0.2) is 83.8 Å². The van der Waals surface area contributed by atoms with Gasteiger partial charge in [0, 0.05) is 0 Å². The summed E-state index contributed by atoms with van der Waals surface area (Å²) in [6.45, 7) is -0.113. The van der Waals surface area contributed by atoms with Gasteiger partial charge < -0.3 is 0 Å². The van der Waals surface area contributed by atoms with E-state index in [4.69, 9.17) is 0 Å². The zero-order chi connectivity index (χ0) is 17.9. The minimum Gasteiger partial charge on any atom is -0.262 e. The van der Waals surface area contributed by atoms with Gasteiger partial charge in [0.05, 0.1) is 12.2 Å². The highest BCUT2D eigenvalue weighted by Crippen LogP contribution is 2.27. The Balaban J connectivity index is 2.10. The van der Waals surface area contributed by atoms with Gasteiger partial charge in [-0.25, -0.2) is 17.2 Å². The number of sulfonamides is 1. The normalized spacial score (nSPS) is 11.3. The SMILES string of the molecule is O=S(=O)(c1ccccc1F)N(Cc1cccc(F)c1)c1ccccc1. The molecule has 3 aromatic carbocycles. The van der Waals surface area contributed by atoms with E-state index in [1.54, 1.807) is 36.4 Å². The molecule has 0 radical (unpaired) electrons. The number of rotatable bonds is 5. The van der Waals surface area contributed by atoms with Gasteiger partial charge in [0.25, 0.3) is 10.0 Å². The van der Waals surface area contributed by atoms with E-state index >= 15 is 0 Å². The van der Waals surface area contributed by atoms with E-state index in [0.29, 0.717) is 11.3 Å². The van der Waals surface area contributed by atoms with Crippen molar-refractivity contribution < 1.29 is 17.2 Å². The summed E-state index contributed by atoms with van der Waals surface area (Å²) in [7, 11) is -4.16. The smallest absolute Gasteiger partial charge is 0.262 e. The highest BCUT2D eigenvalue weighted by molar-refractivity contribution is 7.92. The predicted octanol–water partition coefficient (Wildman–Crippen LogP) is 4.36. The fourth-order valence-electron chi connectivity index (χ4n) is 2.48. The molecule has 0 aliphatic rings. The van der Waals surface area contributed by atoms with Crippen molar-refractivity contribution in [1.29, 1.82) is 0 Å². The maximum absolute atomic E-state index is 14.1. The van der Waals surface area contributed by atoms with Crippen LogP contribution in [0, 0.1) is 11.6 Å². The van der Waals surface area contributed by atoms with E-state index in [1.807, 2.05) is 0 Å². The van der Waals surface area contributed by atoms with Gasteiger partial charge in [-0.1, -0.05) is 42.5 Å². The maximum atomic E-state index is 14.1. The second-order valence-corrected chi connectivity index (χ2v) is 7.24. The van der Waals surface area contributed by atoms with Gasteiger partial charge >= 0.3 is 0 Å². The quantitative estimate of drug-likeness (QED) is 0.679. The summed E-state index contributed by atoms with van der Waals surface area (Å²) in [5.74, 6) is -1.29. The van der Waals surface area contributed by atoms with Crippen molar-refractivity contribution in [1.82, 2.24) is 0 Å². The van der Waals surface area contributed by atoms with Gasteiger partial charge in [-0.3, -0.25) is 4.31 Å². The molecule has 3 nitrogen and oxygen atoms in total. The van der Waals surface area contributed by atoms with Gasteiger partial charge in [0.1, 0.15) is 16.5 Å². The van der Waals surface area contributed by atoms with Gasteiger partial charge in [-0.05, 0) is 42.0 Å². The van der Waals surface area contributed by atoms with Crippen LogP contribution >= 0.6 is 0 Å². The average Bonchev–Trinajstić information content (AvgIpc) is 2.60. The fraction of sp³-hybridized carbons (Fsp3) is 0.0526. The largest absolute Gasteiger partial charge is 0.267 e. The Morgan fingerprint density at radius 3 is 2.16 bits per heavy atom. The van der Waals surface area contributed by atoms with Gasteiger partial charge in [0.2, 0.25) is 0 Å². The Bertz CT molecular complexity index is 975. The van der Waals surface area contributed by atoms with Crippen LogP contribution in [0.2, 0.25) is 0 Å². The summed E-state index contributed by atoms with van der Waals surface area (Å²) in [6, 6.07) is 19.2. The van der Waals surface area contributed by atoms with Gasteiger partial charge in [0.15, 0.2) is 0 Å². The van der Waals surface area contributed by atoms with Crippen molar-refractivity contribution in [2.75, 3.05) is 4.31 Å². The van der Waals surface area contributed by atoms with Crippen LogP contribution in [-0.4, -0.2) is 8.42 Å². The molecular weight excluding hydrogens is 344 g/mol. The van der Waals surface area contributed by atoms with E-state index in [1.165, 1.54) is 36.4 Å². The third kappa shape index (κ3) is 3.69. The highest BCUT2D eigenvalue weighted by Gasteiger charge is 2.27. The molecule has 0 unspecified atom stereocenters.